The molecule has 0 radical (unpaired) electrons. The predicted octanol–water partition coefficient (Wildman–Crippen LogP) is 6.92. The second-order valence-electron chi connectivity index (χ2n) is 18.3. The summed E-state index contributed by atoms with van der Waals surface area (Å²) in [5, 5.41) is 67.0. The summed E-state index contributed by atoms with van der Waals surface area (Å²) in [6.45, 7) is 13.9. The van der Waals surface area contributed by atoms with Gasteiger partial charge < -0.3 is 49.8 Å². The number of hydrazone groups is 1. The van der Waals surface area contributed by atoms with Crippen molar-refractivity contribution in [2.45, 2.75) is 98.3 Å². The normalized spacial score (nSPS) is 29.4. The average molecular weight is 967 g/mol. The number of nitrogens with zero attached hydrogens (tertiary/aromatic N) is 3. The van der Waals surface area contributed by atoms with Crippen LogP contribution in [0.25, 0.3) is 10.8 Å². The van der Waals surface area contributed by atoms with E-state index in [0.29, 0.717) is 31.7 Å². The van der Waals surface area contributed by atoms with Crippen LogP contribution in [-0.2, 0) is 36.5 Å². The number of hydrogen-bond acceptors (Lipinski definition) is 15. The molecule has 0 unspecified atom stereocenters. The molecule has 0 aromatic heterocycles. The van der Waals surface area contributed by atoms with Crippen LogP contribution in [0.5, 0.6) is 23.0 Å². The van der Waals surface area contributed by atoms with Crippen LogP contribution in [0, 0.1) is 30.6 Å². The first-order valence-electron chi connectivity index (χ1n) is 22.6. The van der Waals surface area contributed by atoms with E-state index in [-0.39, 0.29) is 51.0 Å². The zero-order chi connectivity index (χ0) is 50.9. The average Bonchev–Trinajstić information content (AvgIpc) is 3.57. The Morgan fingerprint density at radius 1 is 0.957 bits per heavy atom. The van der Waals surface area contributed by atoms with Gasteiger partial charge in [-0.05, 0) is 31.6 Å². The van der Waals surface area contributed by atoms with Crippen LogP contribution in [0.3, 0.4) is 0 Å². The van der Waals surface area contributed by atoms with Gasteiger partial charge in [-0.2, -0.15) is 18.3 Å². The number of ketones is 1. The molecule has 19 heteroatoms. The molecule has 1 amide bonds. The number of nitrogens with one attached hydrogen (secondary N) is 1. The Hall–Kier alpha value is -6.15. The van der Waals surface area contributed by atoms with E-state index in [0.717, 1.165) is 18.4 Å². The van der Waals surface area contributed by atoms with E-state index in [9.17, 15) is 53.1 Å². The van der Waals surface area contributed by atoms with Gasteiger partial charge in [0.1, 0.15) is 23.4 Å². The fraction of sp³-hybridized carbons (Fsp3) is 0.480. The number of halogens is 3. The number of phenolic OH excluding ortho intramolecular Hbond substituents is 3. The quantitative estimate of drug-likeness (QED) is 0.0639. The molecule has 0 saturated carbocycles. The number of Topliss-reactive ketones (excluding diaryl/α,β-unsaturated/α-hetero) is 1. The largest absolute Gasteiger partial charge is 0.507 e. The molecule has 5 bridgehead atoms. The zero-order valence-electron chi connectivity index (χ0n) is 40.0. The summed E-state index contributed by atoms with van der Waals surface area (Å²) in [5.41, 5.74) is -1.02. The molecule has 0 aliphatic carbocycles. The number of aliphatic hydroxyl groups is 2. The maximum atomic E-state index is 14.6. The highest BCUT2D eigenvalue weighted by Crippen LogP contribution is 2.55. The molecule has 374 valence electrons. The van der Waals surface area contributed by atoms with Crippen molar-refractivity contribution >= 4 is 40.3 Å². The fourth-order valence-electron chi connectivity index (χ4n) is 9.13. The number of piperazine rings is 1. The predicted molar refractivity (Wildman–Crippen MR) is 250 cm³/mol. The van der Waals surface area contributed by atoms with E-state index < -0.39 is 101 Å². The molecular formula is C50H61F3N4O12. The summed E-state index contributed by atoms with van der Waals surface area (Å²) in [7, 11) is 1.41. The number of allylic oxidation sites excluding steroid dienone is 2. The van der Waals surface area contributed by atoms with Gasteiger partial charge in [-0.25, -0.2) is 0 Å². The number of aromatic hydroxyl groups is 3. The van der Waals surface area contributed by atoms with Crippen molar-refractivity contribution in [3.05, 3.63) is 88.2 Å². The number of alkyl halides is 3. The third-order valence-corrected chi connectivity index (χ3v) is 13.4. The number of rotatable bonds is 6. The molecule has 69 heavy (non-hydrogen) atoms. The van der Waals surface area contributed by atoms with Crippen molar-refractivity contribution in [2.75, 3.05) is 38.6 Å². The SMILES string of the molecule is CO[C@H]1/C=C/O[C@@]2(C)Oc3c(C)c(O)c4c(O)c(c(/C=N\N5CCN(Cc6cccc(C(F)(F)F)c6)CC5)c(O)c4c3C2=O)NC(=O)/C(C)=C\C=C\[C@@H](C)[C@H](O)[C@@H](C)[C@H](O)[C@@H](C)[C@H](OC(C)=O)[C@@H]1C. The van der Waals surface area contributed by atoms with Crippen molar-refractivity contribution in [2.24, 2.45) is 28.8 Å². The number of phenols is 3. The van der Waals surface area contributed by atoms with Crippen LogP contribution in [0.1, 0.15) is 81.1 Å². The number of fused-ring (bicyclic) bond motifs is 14. The van der Waals surface area contributed by atoms with Gasteiger partial charge in [0, 0.05) is 93.9 Å². The van der Waals surface area contributed by atoms with Gasteiger partial charge >= 0.3 is 17.9 Å². The van der Waals surface area contributed by atoms with Gasteiger partial charge in [-0.1, -0.05) is 64.1 Å². The van der Waals surface area contributed by atoms with E-state index in [2.05, 4.69) is 10.4 Å². The van der Waals surface area contributed by atoms with Gasteiger partial charge in [0.15, 0.2) is 5.75 Å². The van der Waals surface area contributed by atoms with Gasteiger partial charge in [0.25, 0.3) is 11.7 Å². The van der Waals surface area contributed by atoms with Crippen LogP contribution < -0.4 is 10.1 Å². The second kappa shape index (κ2) is 20.8. The first kappa shape index (κ1) is 52.2. The highest BCUT2D eigenvalue weighted by molar-refractivity contribution is 6.23. The number of methoxy groups -OCH3 is 1. The molecule has 0 spiro atoms. The lowest BCUT2D eigenvalue weighted by Crippen LogP contribution is -2.46. The number of benzene rings is 3. The minimum absolute atomic E-state index is 0.00372. The zero-order valence-corrected chi connectivity index (χ0v) is 40.0. The van der Waals surface area contributed by atoms with E-state index in [1.165, 1.54) is 59.2 Å². The molecule has 9 atom stereocenters. The summed E-state index contributed by atoms with van der Waals surface area (Å²) in [4.78, 5) is 42.8. The summed E-state index contributed by atoms with van der Waals surface area (Å²) in [6, 6.07) is 5.11. The van der Waals surface area contributed by atoms with Gasteiger partial charge in [0.2, 0.25) is 0 Å². The third-order valence-electron chi connectivity index (χ3n) is 13.4. The molecule has 4 aliphatic rings. The van der Waals surface area contributed by atoms with Crippen molar-refractivity contribution < 1.29 is 72.0 Å². The maximum Gasteiger partial charge on any atom is 0.416 e. The van der Waals surface area contributed by atoms with E-state index in [1.807, 2.05) is 4.90 Å². The number of esters is 1. The maximum absolute atomic E-state index is 14.6. The first-order valence-corrected chi connectivity index (χ1v) is 22.6. The van der Waals surface area contributed by atoms with Crippen LogP contribution in [0.15, 0.2) is 65.5 Å². The van der Waals surface area contributed by atoms with Crippen molar-refractivity contribution in [1.82, 2.24) is 9.91 Å². The topological polar surface area (TPSA) is 220 Å². The molecule has 7 rings (SSSR count). The summed E-state index contributed by atoms with van der Waals surface area (Å²) in [6.07, 6.45) is -0.100. The molecule has 6 N–H and O–H groups in total. The van der Waals surface area contributed by atoms with Crippen molar-refractivity contribution in [3.8, 4) is 23.0 Å². The summed E-state index contributed by atoms with van der Waals surface area (Å²) >= 11 is 0. The molecule has 4 heterocycles. The van der Waals surface area contributed by atoms with Gasteiger partial charge in [-0.15, -0.1) is 0 Å². The highest BCUT2D eigenvalue weighted by atomic mass is 19.4. The van der Waals surface area contributed by atoms with E-state index >= 15 is 0 Å². The lowest BCUT2D eigenvalue weighted by atomic mass is 9.78. The lowest BCUT2D eigenvalue weighted by molar-refractivity contribution is -0.160. The number of aliphatic hydroxyl groups excluding tert-OH is 2. The summed E-state index contributed by atoms with van der Waals surface area (Å²) in [5.74, 6) is -9.08. The second-order valence-corrected chi connectivity index (χ2v) is 18.3. The molecule has 1 saturated heterocycles. The van der Waals surface area contributed by atoms with Gasteiger partial charge in [0.05, 0.1) is 58.6 Å². The first-order chi connectivity index (χ1) is 32.4. The van der Waals surface area contributed by atoms with Crippen LogP contribution in [0.4, 0.5) is 18.9 Å². The molecule has 3 aromatic carbocycles. The standard InChI is InChI=1S/C50H61F3N4O12/c1-25-12-10-13-26(2)48(65)55-39-34(23-54-57-19-17-56(18-20-57)24-32-14-11-15-33(22-32)50(51,52)53)43(62)36-37(44(39)63)42(61)30(6)46-38(36)47(64)49(8,69-46)67-21-16-35(66-9)27(3)45(68-31(7)58)29(5)41(60)28(4)40(25)59/h10-16,21-23,25,27-29,35,40-41,45,59-63H,17-20,24H2,1-9H3,(H,55,65)/b12-10+,21-16+,26-13-,54-23-/t25-,27-,28-,29-,35+,40+,41+,45-,49+/m1/s1. The third kappa shape index (κ3) is 10.9. The molecule has 3 aromatic rings. The smallest absolute Gasteiger partial charge is 0.416 e. The van der Waals surface area contributed by atoms with Crippen LogP contribution in [-0.4, -0.2) is 123 Å². The Morgan fingerprint density at radius 3 is 2.28 bits per heavy atom. The number of anilines is 1. The van der Waals surface area contributed by atoms with Crippen molar-refractivity contribution in [1.29, 1.82) is 0 Å². The molecule has 4 aliphatic heterocycles. The highest BCUT2D eigenvalue weighted by Gasteiger charge is 2.50. The number of hydrogen-bond donors (Lipinski definition) is 6. The number of carbonyl (C=O) groups is 3. The minimum atomic E-state index is -4.48. The van der Waals surface area contributed by atoms with Crippen LogP contribution >= 0.6 is 0 Å². The van der Waals surface area contributed by atoms with E-state index in [4.69, 9.17) is 18.9 Å². The molecular weight excluding hydrogens is 906 g/mol. The molecule has 1 fully saturated rings. The molecule has 16 nitrogen and oxygen atoms in total. The minimum Gasteiger partial charge on any atom is -0.507 e. The van der Waals surface area contributed by atoms with Crippen molar-refractivity contribution in [3.63, 3.8) is 0 Å². The Morgan fingerprint density at radius 2 is 1.64 bits per heavy atom. The monoisotopic (exact) mass is 966 g/mol. The number of carbonyl (C=O) groups excluding carboxylic acids is 3. The Bertz CT molecular complexity index is 2570. The Kier molecular flexibility index (Phi) is 15.8. The fourth-order valence-corrected chi connectivity index (χ4v) is 9.13. The lowest BCUT2D eigenvalue weighted by Gasteiger charge is -2.38. The van der Waals surface area contributed by atoms with Gasteiger partial charge in [-0.3, -0.25) is 24.3 Å². The Balaban J connectivity index is 1.43. The van der Waals surface area contributed by atoms with Crippen LogP contribution in [0.2, 0.25) is 0 Å². The number of ether oxygens (including phenoxy) is 4. The summed E-state index contributed by atoms with van der Waals surface area (Å²) < 4.78 is 63.8. The Labute approximate surface area is 398 Å². The van der Waals surface area contributed by atoms with E-state index in [1.54, 1.807) is 50.9 Å². The number of amides is 1.